The minimum absolute atomic E-state index is 0.0537. The van der Waals surface area contributed by atoms with Gasteiger partial charge >= 0.3 is 0 Å². The topological polar surface area (TPSA) is 178 Å². The number of anilines is 6. The highest BCUT2D eigenvalue weighted by atomic mass is 79.9. The molecule has 3 aliphatic heterocycles. The van der Waals surface area contributed by atoms with Crippen LogP contribution in [0.15, 0.2) is 71.6 Å². The second-order valence-electron chi connectivity index (χ2n) is 18.5. The lowest BCUT2D eigenvalue weighted by Gasteiger charge is -2.46. The van der Waals surface area contributed by atoms with Crippen molar-refractivity contribution in [1.82, 2.24) is 35.1 Å². The van der Waals surface area contributed by atoms with Gasteiger partial charge in [-0.1, -0.05) is 19.1 Å². The maximum atomic E-state index is 13.6. The van der Waals surface area contributed by atoms with Gasteiger partial charge in [0.15, 0.2) is 0 Å². The third-order valence-electron chi connectivity index (χ3n) is 14.1. The minimum atomic E-state index is -2.78. The Morgan fingerprint density at radius 3 is 2.34 bits per heavy atom. The Morgan fingerprint density at radius 1 is 0.925 bits per heavy atom. The van der Waals surface area contributed by atoms with Crippen LogP contribution in [0.1, 0.15) is 62.5 Å². The molecule has 3 N–H and O–H groups in total. The quantitative estimate of drug-likeness (QED) is 0.0809. The lowest BCUT2D eigenvalue weighted by molar-refractivity contribution is -0.141. The summed E-state index contributed by atoms with van der Waals surface area (Å²) in [7, 11) is 0.977. The molecule has 1 unspecified atom stereocenters. The van der Waals surface area contributed by atoms with Crippen molar-refractivity contribution in [3.8, 4) is 5.75 Å². The average molecular weight is 993 g/mol. The van der Waals surface area contributed by atoms with Gasteiger partial charge in [-0.25, -0.2) is 4.98 Å². The molecule has 1 atom stereocenters. The molecule has 1 saturated carbocycles. The molecule has 0 radical (unpaired) electrons. The molecule has 3 aromatic carbocycles. The van der Waals surface area contributed by atoms with Crippen LogP contribution in [0.25, 0.3) is 11.0 Å². The Hall–Kier alpha value is -5.64. The monoisotopic (exact) mass is 991 g/mol. The second kappa shape index (κ2) is 19.5. The molecule has 352 valence electrons. The number of fused-ring (bicyclic) bond motifs is 1. The van der Waals surface area contributed by atoms with E-state index in [9.17, 15) is 18.9 Å². The number of halogens is 1. The van der Waals surface area contributed by atoms with Gasteiger partial charge in [-0.15, -0.1) is 0 Å². The van der Waals surface area contributed by atoms with E-state index in [0.29, 0.717) is 68.9 Å². The summed E-state index contributed by atoms with van der Waals surface area (Å²) in [6, 6.07) is 16.8. The van der Waals surface area contributed by atoms with Crippen LogP contribution in [0.4, 0.5) is 34.5 Å². The fourth-order valence-corrected chi connectivity index (χ4v) is 11.9. The number of aryl methyl sites for hydroxylation is 1. The summed E-state index contributed by atoms with van der Waals surface area (Å²) >= 11 is 3.60. The summed E-state index contributed by atoms with van der Waals surface area (Å²) in [4.78, 5) is 65.3. The second-order valence-corrected chi connectivity index (χ2v) is 22.5. The molecule has 9 rings (SSSR count). The number of nitrogens with zero attached hydrogens (tertiary/aromatic N) is 8. The Morgan fingerprint density at radius 2 is 1.66 bits per heavy atom. The maximum absolute atomic E-state index is 13.6. The first kappa shape index (κ1) is 46.5. The van der Waals surface area contributed by atoms with Crippen LogP contribution in [0.5, 0.6) is 5.75 Å². The number of carbonyl (C=O) groups excluding carboxylic acids is 3. The number of amides is 3. The molecule has 3 amide bonds. The highest BCUT2D eigenvalue weighted by Crippen LogP contribution is 2.42. The van der Waals surface area contributed by atoms with Crippen molar-refractivity contribution in [2.45, 2.75) is 69.9 Å². The lowest BCUT2D eigenvalue weighted by atomic mass is 9.78. The van der Waals surface area contributed by atoms with Crippen LogP contribution in [0, 0.1) is 5.92 Å². The largest absolute Gasteiger partial charge is 0.494 e. The summed E-state index contributed by atoms with van der Waals surface area (Å²) < 4.78 is 20.1. The van der Waals surface area contributed by atoms with Crippen molar-refractivity contribution in [3.05, 3.63) is 82.7 Å². The van der Waals surface area contributed by atoms with Gasteiger partial charge < -0.3 is 34.6 Å². The van der Waals surface area contributed by atoms with Crippen LogP contribution in [0.3, 0.4) is 0 Å². The first-order valence-corrected chi connectivity index (χ1v) is 26.7. The number of imide groups is 1. The molecule has 1 aliphatic carbocycles. The highest BCUT2D eigenvalue weighted by Gasteiger charge is 2.40. The zero-order valence-electron chi connectivity index (χ0n) is 38.8. The van der Waals surface area contributed by atoms with E-state index < -0.39 is 7.14 Å². The molecule has 67 heavy (non-hydrogen) atoms. The van der Waals surface area contributed by atoms with Gasteiger partial charge in [-0.05, 0) is 109 Å². The van der Waals surface area contributed by atoms with Gasteiger partial charge in [0.25, 0.3) is 0 Å². The van der Waals surface area contributed by atoms with Crippen molar-refractivity contribution < 1.29 is 23.7 Å². The van der Waals surface area contributed by atoms with Crippen LogP contribution < -0.4 is 35.8 Å². The first-order valence-electron chi connectivity index (χ1n) is 23.3. The maximum Gasteiger partial charge on any atom is 0.234 e. The van der Waals surface area contributed by atoms with E-state index >= 15 is 0 Å². The normalized spacial score (nSPS) is 20.6. The van der Waals surface area contributed by atoms with Crippen LogP contribution >= 0.6 is 23.1 Å². The number of hydrogen-bond acceptors (Lipinski definition) is 14. The van der Waals surface area contributed by atoms with Gasteiger partial charge in [0.2, 0.25) is 23.7 Å². The van der Waals surface area contributed by atoms with Crippen molar-refractivity contribution in [1.29, 1.82) is 0 Å². The van der Waals surface area contributed by atoms with Gasteiger partial charge in [0.1, 0.15) is 24.2 Å². The fraction of sp³-hybridized carbons (Fsp3) is 0.449. The molecule has 4 aliphatic rings. The molecule has 4 fully saturated rings. The number of methoxy groups -OCH3 is 1. The third kappa shape index (κ3) is 9.86. The Balaban J connectivity index is 0.770. The summed E-state index contributed by atoms with van der Waals surface area (Å²) in [5, 5.41) is 9.84. The summed E-state index contributed by atoms with van der Waals surface area (Å²) in [5.41, 5.74) is 7.02. The van der Waals surface area contributed by atoms with Gasteiger partial charge in [0.05, 0.1) is 39.7 Å². The van der Waals surface area contributed by atoms with E-state index in [1.165, 1.54) is 11.3 Å². The number of aromatic nitrogens is 4. The molecule has 3 saturated heterocycles. The molecular formula is C49H59BrN11O5P. The zero-order chi connectivity index (χ0) is 47.0. The van der Waals surface area contributed by atoms with Crippen LogP contribution in [0.2, 0.25) is 0 Å². The Kier molecular flexibility index (Phi) is 13.5. The van der Waals surface area contributed by atoms with Crippen molar-refractivity contribution in [2.24, 2.45) is 5.92 Å². The Bertz CT molecular complexity index is 2710. The van der Waals surface area contributed by atoms with Crippen LogP contribution in [-0.4, -0.2) is 126 Å². The van der Waals surface area contributed by atoms with Crippen molar-refractivity contribution in [2.75, 3.05) is 87.2 Å². The van der Waals surface area contributed by atoms with E-state index in [0.717, 1.165) is 88.3 Å². The minimum Gasteiger partial charge on any atom is -0.494 e. The summed E-state index contributed by atoms with van der Waals surface area (Å²) in [6.07, 6.45) is 10.4. The molecular weight excluding hydrogens is 933 g/mol. The van der Waals surface area contributed by atoms with Crippen LogP contribution in [-0.2, 0) is 25.4 Å². The van der Waals surface area contributed by atoms with E-state index in [2.05, 4.69) is 92.5 Å². The SMILES string of the molecule is CCc1cc(Nc2ncc(Br)c(Nc3ccc4nccnc4c3P(C)(C)=O)n2)c(OC)cc1N1CCC(N2CCN(C(=O)[C@H]3C[C@H](N(C)c4ccc(C5CCC(=O)NC5=O)cc4)C3)CC2)CC1. The third-order valence-corrected chi connectivity index (χ3v) is 16.2. The number of benzene rings is 3. The Labute approximate surface area is 400 Å². The molecule has 5 aromatic rings. The molecule has 5 heterocycles. The predicted octanol–water partition coefficient (Wildman–Crippen LogP) is 7.04. The molecule has 18 heteroatoms. The van der Waals surface area contributed by atoms with E-state index in [1.54, 1.807) is 39.0 Å². The molecule has 2 aromatic heterocycles. The number of hydrogen-bond donors (Lipinski definition) is 3. The number of piperidine rings is 2. The van der Waals surface area contributed by atoms with Crippen molar-refractivity contribution >= 4 is 91.6 Å². The number of carbonyl (C=O) groups is 3. The van der Waals surface area contributed by atoms with Gasteiger partial charge in [0, 0.05) is 107 Å². The molecule has 16 nitrogen and oxygen atoms in total. The smallest absolute Gasteiger partial charge is 0.234 e. The average Bonchev–Trinajstić information content (AvgIpc) is 3.31. The summed E-state index contributed by atoms with van der Waals surface area (Å²) in [5.74, 6) is 1.19. The van der Waals surface area contributed by atoms with Gasteiger partial charge in [-0.3, -0.25) is 34.6 Å². The number of rotatable bonds is 13. The highest BCUT2D eigenvalue weighted by molar-refractivity contribution is 9.10. The lowest BCUT2D eigenvalue weighted by Crippen LogP contribution is -2.57. The number of piperazine rings is 1. The van der Waals surface area contributed by atoms with Crippen molar-refractivity contribution in [3.63, 3.8) is 0 Å². The molecule has 0 spiro atoms. The standard InChI is InChI=1S/C49H59BrN11O5P/c1-6-30-27-40(55-49-53-29-37(50)46(57-49)54-39-13-12-38-44(52-18-17-51-38)45(39)67(4,5)65)42(66-3)28-41(30)60-19-15-34(16-20-60)59-21-23-61(24-22-59)48(64)32-25-35(26-32)58(2)33-9-7-31(8-10-33)36-11-14-43(62)56-47(36)63/h7-10,12-13,17-18,27-29,32,34-36H,6,11,14-16,19-26H2,1-5H3,(H,56,62,63)(H2,53,54,55,57)/t32-,35-,36?. The predicted molar refractivity (Wildman–Crippen MR) is 267 cm³/mol. The van der Waals surface area contributed by atoms with E-state index in [-0.39, 0.29) is 29.6 Å². The van der Waals surface area contributed by atoms with E-state index in [1.807, 2.05) is 36.4 Å². The zero-order valence-corrected chi connectivity index (χ0v) is 41.3. The number of ether oxygens (including phenoxy) is 1. The molecule has 0 bridgehead atoms. The fourth-order valence-electron chi connectivity index (χ4n) is 10.2. The number of nitrogens with one attached hydrogen (secondary N) is 3. The first-order chi connectivity index (χ1) is 32.3. The van der Waals surface area contributed by atoms with E-state index in [4.69, 9.17) is 9.72 Å². The summed E-state index contributed by atoms with van der Waals surface area (Å²) in [6.45, 7) is 10.8. The van der Waals surface area contributed by atoms with Gasteiger partial charge in [-0.2, -0.15) is 4.98 Å².